The van der Waals surface area contributed by atoms with E-state index in [1.807, 2.05) is 0 Å². The van der Waals surface area contributed by atoms with Crippen LogP contribution in [0.25, 0.3) is 11.3 Å². The molecule has 3 aromatic rings. The number of benzene rings is 2. The lowest BCUT2D eigenvalue weighted by Gasteiger charge is -2.10. The van der Waals surface area contributed by atoms with Gasteiger partial charge in [-0.15, -0.1) is 0 Å². The fraction of sp³-hybridized carbons (Fsp3) is 0.111. The Hall–Kier alpha value is -2.55. The van der Waals surface area contributed by atoms with Gasteiger partial charge in [0.25, 0.3) is 5.56 Å². The van der Waals surface area contributed by atoms with Crippen LogP contribution in [0.15, 0.2) is 70.6 Å². The predicted molar refractivity (Wildman–Crippen MR) is 101 cm³/mol. The molecule has 0 saturated carbocycles. The molecule has 2 aromatic carbocycles. The minimum atomic E-state index is -3.78. The van der Waals surface area contributed by atoms with Crippen molar-refractivity contribution in [3.8, 4) is 11.3 Å². The quantitative estimate of drug-likeness (QED) is 0.681. The van der Waals surface area contributed by atoms with Gasteiger partial charge in [0.2, 0.25) is 10.0 Å². The number of sulfonamides is 1. The largest absolute Gasteiger partial charge is 0.298 e. The van der Waals surface area contributed by atoms with E-state index in [-0.39, 0.29) is 34.4 Å². The Balaban J connectivity index is 1.69. The summed E-state index contributed by atoms with van der Waals surface area (Å²) in [5.41, 5.74) is 0.675. The SMILES string of the molecule is O=c1cc(-c2ccc(F)cc2)ncn1CCNS(=O)(=O)c1ccccc1Cl. The first kappa shape index (κ1) is 19.2. The van der Waals surface area contributed by atoms with E-state index in [0.717, 1.165) is 0 Å². The summed E-state index contributed by atoms with van der Waals surface area (Å²) in [5, 5.41) is 0.118. The highest BCUT2D eigenvalue weighted by Crippen LogP contribution is 2.20. The van der Waals surface area contributed by atoms with E-state index >= 15 is 0 Å². The summed E-state index contributed by atoms with van der Waals surface area (Å²) in [7, 11) is -3.78. The van der Waals surface area contributed by atoms with Crippen LogP contribution in [0.1, 0.15) is 0 Å². The average molecular weight is 408 g/mol. The van der Waals surface area contributed by atoms with Crippen LogP contribution in [0, 0.1) is 5.82 Å². The normalized spacial score (nSPS) is 11.5. The highest BCUT2D eigenvalue weighted by molar-refractivity contribution is 7.89. The van der Waals surface area contributed by atoms with Crippen LogP contribution < -0.4 is 10.3 Å². The molecule has 6 nitrogen and oxygen atoms in total. The Morgan fingerprint density at radius 1 is 1.11 bits per heavy atom. The van der Waals surface area contributed by atoms with Crippen LogP contribution in [0.5, 0.6) is 0 Å². The number of hydrogen-bond donors (Lipinski definition) is 1. The zero-order chi connectivity index (χ0) is 19.4. The molecular formula is C18H15ClFN3O3S. The van der Waals surface area contributed by atoms with Gasteiger partial charge >= 0.3 is 0 Å². The van der Waals surface area contributed by atoms with Crippen molar-refractivity contribution < 1.29 is 12.8 Å². The van der Waals surface area contributed by atoms with Crippen LogP contribution >= 0.6 is 11.6 Å². The molecule has 0 atom stereocenters. The minimum absolute atomic E-state index is 0.00889. The van der Waals surface area contributed by atoms with Gasteiger partial charge in [-0.25, -0.2) is 22.5 Å². The van der Waals surface area contributed by atoms with Gasteiger partial charge < -0.3 is 0 Å². The third-order valence-electron chi connectivity index (χ3n) is 3.79. The van der Waals surface area contributed by atoms with Crippen LogP contribution in [0.3, 0.4) is 0 Å². The molecule has 0 bridgehead atoms. The number of hydrogen-bond acceptors (Lipinski definition) is 4. The molecule has 0 amide bonds. The van der Waals surface area contributed by atoms with Crippen LogP contribution in [-0.4, -0.2) is 24.5 Å². The maximum atomic E-state index is 13.0. The van der Waals surface area contributed by atoms with Gasteiger partial charge in [0.1, 0.15) is 10.7 Å². The number of aromatic nitrogens is 2. The predicted octanol–water partition coefficient (Wildman–Crippen LogP) is 2.68. The van der Waals surface area contributed by atoms with Gasteiger partial charge in [-0.3, -0.25) is 9.36 Å². The van der Waals surface area contributed by atoms with Crippen molar-refractivity contribution in [1.29, 1.82) is 0 Å². The molecule has 0 saturated heterocycles. The summed E-state index contributed by atoms with van der Waals surface area (Å²) in [6.07, 6.45) is 1.32. The topological polar surface area (TPSA) is 81.1 Å². The monoisotopic (exact) mass is 407 g/mol. The van der Waals surface area contributed by atoms with Crippen molar-refractivity contribution in [3.63, 3.8) is 0 Å². The van der Waals surface area contributed by atoms with Crippen LogP contribution in [-0.2, 0) is 16.6 Å². The summed E-state index contributed by atoms with van der Waals surface area (Å²) < 4.78 is 41.2. The highest BCUT2D eigenvalue weighted by Gasteiger charge is 2.16. The van der Waals surface area contributed by atoms with Crippen LogP contribution in [0.4, 0.5) is 4.39 Å². The Bertz CT molecular complexity index is 1120. The molecule has 0 fully saturated rings. The third-order valence-corrected chi connectivity index (χ3v) is 5.75. The Morgan fingerprint density at radius 3 is 2.48 bits per heavy atom. The molecular weight excluding hydrogens is 393 g/mol. The number of nitrogens with zero attached hydrogens (tertiary/aromatic N) is 2. The summed E-state index contributed by atoms with van der Waals surface area (Å²) in [5.74, 6) is -0.377. The molecule has 9 heteroatoms. The van der Waals surface area contributed by atoms with E-state index < -0.39 is 10.0 Å². The molecule has 1 N–H and O–H groups in total. The van der Waals surface area contributed by atoms with Crippen molar-refractivity contribution in [2.75, 3.05) is 6.54 Å². The second kappa shape index (κ2) is 7.99. The lowest BCUT2D eigenvalue weighted by molar-refractivity contribution is 0.569. The molecule has 0 aliphatic heterocycles. The van der Waals surface area contributed by atoms with E-state index in [4.69, 9.17) is 11.6 Å². The maximum absolute atomic E-state index is 13.0. The highest BCUT2D eigenvalue weighted by atomic mass is 35.5. The third kappa shape index (κ3) is 4.60. The smallest absolute Gasteiger partial charge is 0.253 e. The van der Waals surface area contributed by atoms with E-state index in [0.29, 0.717) is 11.3 Å². The van der Waals surface area contributed by atoms with Crippen molar-refractivity contribution in [3.05, 3.63) is 82.1 Å². The van der Waals surface area contributed by atoms with E-state index in [9.17, 15) is 17.6 Å². The van der Waals surface area contributed by atoms with Crippen molar-refractivity contribution in [1.82, 2.24) is 14.3 Å². The zero-order valence-corrected chi connectivity index (χ0v) is 15.5. The Morgan fingerprint density at radius 2 is 1.81 bits per heavy atom. The molecule has 140 valence electrons. The molecule has 0 radical (unpaired) electrons. The van der Waals surface area contributed by atoms with Crippen molar-refractivity contribution in [2.45, 2.75) is 11.4 Å². The Kier molecular flexibility index (Phi) is 5.69. The van der Waals surface area contributed by atoms with E-state index in [2.05, 4.69) is 9.71 Å². The second-order valence-corrected chi connectivity index (χ2v) is 7.78. The maximum Gasteiger partial charge on any atom is 0.253 e. The fourth-order valence-corrected chi connectivity index (χ4v) is 3.95. The molecule has 0 aliphatic rings. The molecule has 0 unspecified atom stereocenters. The number of nitrogens with one attached hydrogen (secondary N) is 1. The first-order valence-corrected chi connectivity index (χ1v) is 9.79. The van der Waals surface area contributed by atoms with E-state index in [1.54, 1.807) is 12.1 Å². The average Bonchev–Trinajstić information content (AvgIpc) is 2.64. The minimum Gasteiger partial charge on any atom is -0.298 e. The molecule has 1 aromatic heterocycles. The van der Waals surface area contributed by atoms with Gasteiger partial charge in [0.15, 0.2) is 0 Å². The summed E-state index contributed by atoms with van der Waals surface area (Å²) in [6, 6.07) is 13.0. The van der Waals surface area contributed by atoms with Gasteiger partial charge in [-0.1, -0.05) is 23.7 Å². The first-order chi connectivity index (χ1) is 12.9. The lowest BCUT2D eigenvalue weighted by atomic mass is 10.1. The summed E-state index contributed by atoms with van der Waals surface area (Å²) in [4.78, 5) is 16.4. The second-order valence-electron chi connectivity index (χ2n) is 5.64. The molecule has 0 spiro atoms. The first-order valence-electron chi connectivity index (χ1n) is 7.93. The lowest BCUT2D eigenvalue weighted by Crippen LogP contribution is -2.31. The van der Waals surface area contributed by atoms with Crippen molar-refractivity contribution in [2.24, 2.45) is 0 Å². The van der Waals surface area contributed by atoms with Crippen LogP contribution in [0.2, 0.25) is 5.02 Å². The summed E-state index contributed by atoms with van der Waals surface area (Å²) >= 11 is 5.91. The molecule has 3 rings (SSSR count). The Labute approximate surface area is 160 Å². The van der Waals surface area contributed by atoms with Gasteiger partial charge in [0.05, 0.1) is 17.0 Å². The number of halogens is 2. The van der Waals surface area contributed by atoms with Gasteiger partial charge in [-0.2, -0.15) is 0 Å². The van der Waals surface area contributed by atoms with Gasteiger partial charge in [-0.05, 0) is 36.4 Å². The molecule has 0 aliphatic carbocycles. The van der Waals surface area contributed by atoms with E-state index in [1.165, 1.54) is 53.4 Å². The summed E-state index contributed by atoms with van der Waals surface area (Å²) in [6.45, 7) is 0.0876. The zero-order valence-electron chi connectivity index (χ0n) is 14.0. The standard InChI is InChI=1S/C18H15ClFN3O3S/c19-15-3-1-2-4-17(15)27(25,26)22-9-10-23-12-21-16(11-18(23)24)13-5-7-14(20)8-6-13/h1-8,11-12,22H,9-10H2. The number of rotatable bonds is 6. The molecule has 1 heterocycles. The fourth-order valence-electron chi connectivity index (χ4n) is 2.41. The molecule has 27 heavy (non-hydrogen) atoms. The van der Waals surface area contributed by atoms with Gasteiger partial charge in [0, 0.05) is 24.7 Å². The van der Waals surface area contributed by atoms with Crippen molar-refractivity contribution >= 4 is 21.6 Å².